The number of benzene rings is 2. The van der Waals surface area contributed by atoms with Crippen molar-refractivity contribution in [2.24, 2.45) is 12.8 Å². The maximum atomic E-state index is 7.35. The van der Waals surface area contributed by atoms with Gasteiger partial charge in [0.2, 0.25) is 5.95 Å². The van der Waals surface area contributed by atoms with E-state index < -0.39 is 0 Å². The van der Waals surface area contributed by atoms with E-state index >= 15 is 0 Å². The molecule has 0 unspecified atom stereocenters. The van der Waals surface area contributed by atoms with E-state index in [1.807, 2.05) is 36.0 Å². The quantitative estimate of drug-likeness (QED) is 0.269. The molecule has 0 atom stereocenters. The number of nitrogens with two attached hydrogens (primary N) is 1. The zero-order valence-corrected chi connectivity index (χ0v) is 15.6. The van der Waals surface area contributed by atoms with Crippen LogP contribution in [0.25, 0.3) is 21.8 Å². The third kappa shape index (κ3) is 3.41. The van der Waals surface area contributed by atoms with Gasteiger partial charge in [-0.3, -0.25) is 5.41 Å². The summed E-state index contributed by atoms with van der Waals surface area (Å²) >= 11 is 6.22. The van der Waals surface area contributed by atoms with Crippen molar-refractivity contribution in [3.05, 3.63) is 53.3 Å². The van der Waals surface area contributed by atoms with Crippen molar-refractivity contribution in [1.82, 2.24) is 19.9 Å². The van der Waals surface area contributed by atoms with Crippen LogP contribution in [0.2, 0.25) is 5.02 Å². The highest BCUT2D eigenvalue weighted by atomic mass is 35.5. The predicted molar refractivity (Wildman–Crippen MR) is 111 cm³/mol. The largest absolute Gasteiger partial charge is 0.370 e. The summed E-state index contributed by atoms with van der Waals surface area (Å²) in [4.78, 5) is 7.83. The van der Waals surface area contributed by atoms with Crippen molar-refractivity contribution in [2.45, 2.75) is 6.42 Å². The molecule has 4 rings (SSSR count). The van der Waals surface area contributed by atoms with Crippen molar-refractivity contribution in [1.29, 1.82) is 5.41 Å². The molecule has 0 saturated heterocycles. The molecule has 138 valence electrons. The van der Waals surface area contributed by atoms with E-state index in [0.717, 1.165) is 39.0 Å². The van der Waals surface area contributed by atoms with Crippen molar-refractivity contribution in [3.63, 3.8) is 0 Å². The molecule has 0 saturated carbocycles. The molecule has 0 aliphatic rings. The number of rotatable bonds is 5. The van der Waals surface area contributed by atoms with Crippen molar-refractivity contribution >= 4 is 51.0 Å². The molecule has 0 fully saturated rings. The number of fused-ring (bicyclic) bond motifs is 3. The summed E-state index contributed by atoms with van der Waals surface area (Å²) in [6.45, 7) is 0.576. The minimum absolute atomic E-state index is 0.0306. The van der Waals surface area contributed by atoms with E-state index in [9.17, 15) is 0 Å². The number of nitrogens with zero attached hydrogens (tertiary/aromatic N) is 2. The molecule has 0 bridgehead atoms. The van der Waals surface area contributed by atoms with Gasteiger partial charge in [-0.15, -0.1) is 0 Å². The Bertz CT molecular complexity index is 1140. The van der Waals surface area contributed by atoms with E-state index in [1.54, 1.807) is 6.20 Å². The number of aryl methyl sites for hydroxylation is 1. The molecular formula is C19H20ClN7. The lowest BCUT2D eigenvalue weighted by Gasteiger charge is -2.11. The number of aromatic amines is 1. The standard InChI is InChI=1S/C19H20ClN7/c1-27-7-6-24-19(27)25-13-8-11(4-5-23-18(21)22)17-15(10-13)14-9-12(20)2-3-16(14)26-17/h2-3,6-10,26H,4-5H2,1H3,(H,24,25)(H4,21,22,23). The second-order valence-corrected chi connectivity index (χ2v) is 6.89. The van der Waals surface area contributed by atoms with E-state index in [1.165, 1.54) is 0 Å². The van der Waals surface area contributed by atoms with E-state index in [-0.39, 0.29) is 5.96 Å². The highest BCUT2D eigenvalue weighted by Gasteiger charge is 2.12. The molecule has 4 aromatic rings. The second kappa shape index (κ2) is 6.85. The molecule has 0 amide bonds. The van der Waals surface area contributed by atoms with Gasteiger partial charge in [0.05, 0.1) is 0 Å². The molecule has 27 heavy (non-hydrogen) atoms. The van der Waals surface area contributed by atoms with E-state index in [2.05, 4.69) is 32.7 Å². The highest BCUT2D eigenvalue weighted by Crippen LogP contribution is 2.33. The molecule has 8 heteroatoms. The fraction of sp³-hybridized carbons (Fsp3) is 0.158. The number of anilines is 2. The molecule has 2 aromatic heterocycles. The number of hydrogen-bond donors (Lipinski definition) is 5. The Kier molecular flexibility index (Phi) is 4.37. The van der Waals surface area contributed by atoms with Gasteiger partial charge in [-0.1, -0.05) is 11.6 Å². The number of H-pyrrole nitrogens is 1. The van der Waals surface area contributed by atoms with Gasteiger partial charge in [-0.2, -0.15) is 0 Å². The summed E-state index contributed by atoms with van der Waals surface area (Å²) in [6, 6.07) is 10.0. The second-order valence-electron chi connectivity index (χ2n) is 6.45. The van der Waals surface area contributed by atoms with Crippen molar-refractivity contribution in [2.75, 3.05) is 11.9 Å². The first-order valence-corrected chi connectivity index (χ1v) is 8.95. The zero-order chi connectivity index (χ0) is 19.0. The minimum atomic E-state index is -0.0306. The first kappa shape index (κ1) is 17.2. The molecule has 7 nitrogen and oxygen atoms in total. The smallest absolute Gasteiger partial charge is 0.207 e. The van der Waals surface area contributed by atoms with Crippen LogP contribution in [-0.4, -0.2) is 27.0 Å². The average molecular weight is 382 g/mol. The third-order valence-electron chi connectivity index (χ3n) is 4.54. The van der Waals surface area contributed by atoms with Gasteiger partial charge in [0.1, 0.15) is 0 Å². The average Bonchev–Trinajstić information content (AvgIpc) is 3.18. The van der Waals surface area contributed by atoms with Gasteiger partial charge in [-0.25, -0.2) is 4.98 Å². The molecule has 6 N–H and O–H groups in total. The number of nitrogens with one attached hydrogen (secondary N) is 4. The molecular weight excluding hydrogens is 362 g/mol. The van der Waals surface area contributed by atoms with Crippen LogP contribution in [0.4, 0.5) is 11.6 Å². The molecule has 0 spiro atoms. The Morgan fingerprint density at radius 1 is 1.30 bits per heavy atom. The van der Waals surface area contributed by atoms with Gasteiger partial charge >= 0.3 is 0 Å². The molecule has 2 aromatic carbocycles. The highest BCUT2D eigenvalue weighted by molar-refractivity contribution is 6.31. The van der Waals surface area contributed by atoms with Crippen molar-refractivity contribution < 1.29 is 0 Å². The fourth-order valence-corrected chi connectivity index (χ4v) is 3.43. The van der Waals surface area contributed by atoms with Crippen molar-refractivity contribution in [3.8, 4) is 0 Å². The summed E-state index contributed by atoms with van der Waals surface area (Å²) in [5.41, 5.74) is 9.56. The summed E-state index contributed by atoms with van der Waals surface area (Å²) < 4.78 is 1.92. The van der Waals surface area contributed by atoms with Crippen LogP contribution in [-0.2, 0) is 13.5 Å². The first-order chi connectivity index (χ1) is 13.0. The lowest BCUT2D eigenvalue weighted by atomic mass is 10.0. The summed E-state index contributed by atoms with van der Waals surface area (Å²) in [6.07, 6.45) is 4.36. The Hall–Kier alpha value is -3.19. The Morgan fingerprint density at radius 2 is 2.15 bits per heavy atom. The molecule has 0 aliphatic heterocycles. The number of hydrogen-bond acceptors (Lipinski definition) is 3. The number of aromatic nitrogens is 3. The van der Waals surface area contributed by atoms with Gasteiger partial charge in [0.25, 0.3) is 0 Å². The number of guanidine groups is 1. The SMILES string of the molecule is Cn1ccnc1Nc1cc(CCNC(=N)N)c2[nH]c3ccc(Cl)cc3c2c1. The maximum Gasteiger partial charge on any atom is 0.207 e. The molecule has 0 radical (unpaired) electrons. The molecule has 0 aliphatic carbocycles. The Labute approximate surface area is 161 Å². The first-order valence-electron chi connectivity index (χ1n) is 8.57. The topological polar surface area (TPSA) is 108 Å². The van der Waals surface area contributed by atoms with Gasteiger partial charge in [0, 0.05) is 58.5 Å². The van der Waals surface area contributed by atoms with Gasteiger partial charge < -0.3 is 25.9 Å². The van der Waals surface area contributed by atoms with Crippen LogP contribution in [0.15, 0.2) is 42.7 Å². The van der Waals surface area contributed by atoms with E-state index in [4.69, 9.17) is 22.7 Å². The zero-order valence-electron chi connectivity index (χ0n) is 14.8. The van der Waals surface area contributed by atoms with Crippen LogP contribution in [0.1, 0.15) is 5.56 Å². The van der Waals surface area contributed by atoms with Gasteiger partial charge in [0.15, 0.2) is 5.96 Å². The van der Waals surface area contributed by atoms with Crippen LogP contribution >= 0.6 is 11.6 Å². The van der Waals surface area contributed by atoms with Crippen LogP contribution in [0, 0.1) is 5.41 Å². The monoisotopic (exact) mass is 381 g/mol. The summed E-state index contributed by atoms with van der Waals surface area (Å²) in [5, 5.41) is 16.4. The lowest BCUT2D eigenvalue weighted by Crippen LogP contribution is -2.31. The third-order valence-corrected chi connectivity index (χ3v) is 4.77. The Balaban J connectivity index is 1.82. The molecule has 2 heterocycles. The van der Waals surface area contributed by atoms with Crippen LogP contribution in [0.3, 0.4) is 0 Å². The van der Waals surface area contributed by atoms with Crippen LogP contribution < -0.4 is 16.4 Å². The summed E-state index contributed by atoms with van der Waals surface area (Å²) in [7, 11) is 1.94. The fourth-order valence-electron chi connectivity index (χ4n) is 3.26. The van der Waals surface area contributed by atoms with Gasteiger partial charge in [-0.05, 0) is 42.3 Å². The minimum Gasteiger partial charge on any atom is -0.370 e. The normalized spacial score (nSPS) is 11.2. The van der Waals surface area contributed by atoms with E-state index in [0.29, 0.717) is 18.0 Å². The predicted octanol–water partition coefficient (Wildman–Crippen LogP) is 3.48. The van der Waals surface area contributed by atoms with Crippen LogP contribution in [0.5, 0.6) is 0 Å². The lowest BCUT2D eigenvalue weighted by molar-refractivity contribution is 0.857. The summed E-state index contributed by atoms with van der Waals surface area (Å²) in [5.74, 6) is 0.733. The Morgan fingerprint density at radius 3 is 2.89 bits per heavy atom. The number of imidazole rings is 1. The number of halogens is 1. The maximum absolute atomic E-state index is 7.35.